The molecule has 1 aromatic carbocycles. The second kappa shape index (κ2) is 7.19. The van der Waals surface area contributed by atoms with Crippen molar-refractivity contribution in [2.75, 3.05) is 13.7 Å². The van der Waals surface area contributed by atoms with Crippen LogP contribution in [0.25, 0.3) is 0 Å². The Morgan fingerprint density at radius 3 is 2.71 bits per heavy atom. The summed E-state index contributed by atoms with van der Waals surface area (Å²) in [5.41, 5.74) is 3.70. The molecule has 3 N–H and O–H groups in total. The van der Waals surface area contributed by atoms with Crippen LogP contribution < -0.4 is 11.3 Å². The zero-order valence-corrected chi connectivity index (χ0v) is 11.6. The van der Waals surface area contributed by atoms with Crippen LogP contribution in [0.4, 0.5) is 0 Å². The van der Waals surface area contributed by atoms with Gasteiger partial charge in [0.1, 0.15) is 0 Å². The lowest BCUT2D eigenvalue weighted by atomic mass is 9.97. The largest absolute Gasteiger partial charge is 0.384 e. The van der Waals surface area contributed by atoms with E-state index in [9.17, 15) is 0 Å². The predicted octanol–water partition coefficient (Wildman–Crippen LogP) is 3.17. The minimum Gasteiger partial charge on any atom is -0.384 e. The van der Waals surface area contributed by atoms with E-state index >= 15 is 0 Å². The molecule has 2 unspecified atom stereocenters. The normalized spacial score (nSPS) is 14.6. The number of hydrogen-bond acceptors (Lipinski definition) is 3. The summed E-state index contributed by atoms with van der Waals surface area (Å²) in [5.74, 6) is 5.96. The number of rotatable bonds is 6. The first kappa shape index (κ1) is 14.7. The first-order valence-electron chi connectivity index (χ1n) is 5.48. The quantitative estimate of drug-likeness (QED) is 0.620. The van der Waals surface area contributed by atoms with E-state index in [0.29, 0.717) is 22.6 Å². The van der Waals surface area contributed by atoms with Gasteiger partial charge in [0, 0.05) is 29.8 Å². The maximum atomic E-state index is 6.14. The summed E-state index contributed by atoms with van der Waals surface area (Å²) in [6.07, 6.45) is 0.838. The molecule has 3 nitrogen and oxygen atoms in total. The van der Waals surface area contributed by atoms with E-state index in [1.54, 1.807) is 19.2 Å². The molecule has 0 bridgehead atoms. The van der Waals surface area contributed by atoms with Gasteiger partial charge in [0.15, 0.2) is 0 Å². The average Bonchev–Trinajstić information content (AvgIpc) is 2.30. The summed E-state index contributed by atoms with van der Waals surface area (Å²) in [6.45, 7) is 2.79. The standard InChI is InChI=1S/C12H18Cl2N2O/c1-8(7-17-2)5-12(16-15)10-6-9(13)3-4-11(10)14/h3-4,6,8,12,16H,5,7,15H2,1-2H3. The van der Waals surface area contributed by atoms with E-state index in [1.165, 1.54) is 0 Å². The molecule has 5 heteroatoms. The summed E-state index contributed by atoms with van der Waals surface area (Å²) in [4.78, 5) is 0. The smallest absolute Gasteiger partial charge is 0.0488 e. The van der Waals surface area contributed by atoms with Crippen LogP contribution in [0.15, 0.2) is 18.2 Å². The van der Waals surface area contributed by atoms with E-state index in [2.05, 4.69) is 12.3 Å². The number of hydrazine groups is 1. The van der Waals surface area contributed by atoms with Gasteiger partial charge in [0.2, 0.25) is 0 Å². The minimum atomic E-state index is -0.0219. The highest BCUT2D eigenvalue weighted by molar-refractivity contribution is 6.33. The summed E-state index contributed by atoms with van der Waals surface area (Å²) in [7, 11) is 1.69. The Balaban J connectivity index is 2.82. The maximum Gasteiger partial charge on any atom is 0.0488 e. The van der Waals surface area contributed by atoms with Gasteiger partial charge in [0.25, 0.3) is 0 Å². The number of nitrogens with one attached hydrogen (secondary N) is 1. The van der Waals surface area contributed by atoms with Gasteiger partial charge in [-0.25, -0.2) is 0 Å². The van der Waals surface area contributed by atoms with Gasteiger partial charge >= 0.3 is 0 Å². The van der Waals surface area contributed by atoms with Crippen molar-refractivity contribution < 1.29 is 4.74 Å². The Labute approximate surface area is 112 Å². The third-order valence-corrected chi connectivity index (χ3v) is 3.20. The third-order valence-electron chi connectivity index (χ3n) is 2.62. The van der Waals surface area contributed by atoms with Gasteiger partial charge < -0.3 is 4.74 Å². The Morgan fingerprint density at radius 2 is 2.12 bits per heavy atom. The van der Waals surface area contributed by atoms with Crippen LogP contribution in [-0.2, 0) is 4.74 Å². The molecule has 1 rings (SSSR count). The molecule has 0 aromatic heterocycles. The molecule has 0 saturated carbocycles. The fraction of sp³-hybridized carbons (Fsp3) is 0.500. The van der Waals surface area contributed by atoms with Crippen LogP contribution in [0.5, 0.6) is 0 Å². The molecule has 0 radical (unpaired) electrons. The molecule has 0 aliphatic heterocycles. The average molecular weight is 277 g/mol. The summed E-state index contributed by atoms with van der Waals surface area (Å²) in [5, 5.41) is 1.33. The second-order valence-corrected chi connectivity index (χ2v) is 5.02. The molecule has 0 saturated heterocycles. The molecule has 0 spiro atoms. The number of nitrogens with two attached hydrogens (primary N) is 1. The number of ether oxygens (including phenoxy) is 1. The third kappa shape index (κ3) is 4.45. The molecule has 0 amide bonds. The summed E-state index contributed by atoms with van der Waals surface area (Å²) >= 11 is 12.1. The lowest BCUT2D eigenvalue weighted by molar-refractivity contribution is 0.149. The molecule has 17 heavy (non-hydrogen) atoms. The SMILES string of the molecule is COCC(C)CC(NN)c1cc(Cl)ccc1Cl. The Bertz CT molecular complexity index is 360. The van der Waals surface area contributed by atoms with E-state index in [0.717, 1.165) is 12.0 Å². The van der Waals surface area contributed by atoms with Crippen molar-refractivity contribution >= 4 is 23.2 Å². The van der Waals surface area contributed by atoms with Crippen molar-refractivity contribution in [2.45, 2.75) is 19.4 Å². The minimum absolute atomic E-state index is 0.0219. The van der Waals surface area contributed by atoms with E-state index in [1.807, 2.05) is 6.07 Å². The van der Waals surface area contributed by atoms with Crippen LogP contribution in [0.2, 0.25) is 10.0 Å². The van der Waals surface area contributed by atoms with Gasteiger partial charge in [-0.1, -0.05) is 30.1 Å². The van der Waals surface area contributed by atoms with Crippen molar-refractivity contribution in [3.63, 3.8) is 0 Å². The van der Waals surface area contributed by atoms with Gasteiger partial charge in [-0.15, -0.1) is 0 Å². The van der Waals surface area contributed by atoms with Crippen LogP contribution in [0.1, 0.15) is 24.9 Å². The zero-order chi connectivity index (χ0) is 12.8. The first-order chi connectivity index (χ1) is 8.08. The fourth-order valence-electron chi connectivity index (χ4n) is 1.82. The van der Waals surface area contributed by atoms with Crippen LogP contribution in [0, 0.1) is 5.92 Å². The maximum absolute atomic E-state index is 6.14. The Kier molecular flexibility index (Phi) is 6.23. The molecule has 0 fully saturated rings. The van der Waals surface area contributed by atoms with Gasteiger partial charge in [-0.3, -0.25) is 11.3 Å². The van der Waals surface area contributed by atoms with Crippen LogP contribution in [0.3, 0.4) is 0 Å². The molecular formula is C12H18Cl2N2O. The van der Waals surface area contributed by atoms with E-state index in [-0.39, 0.29) is 6.04 Å². The zero-order valence-electron chi connectivity index (χ0n) is 10.0. The van der Waals surface area contributed by atoms with E-state index in [4.69, 9.17) is 33.8 Å². The van der Waals surface area contributed by atoms with Crippen molar-refractivity contribution in [1.29, 1.82) is 0 Å². The molecule has 2 atom stereocenters. The van der Waals surface area contributed by atoms with Gasteiger partial charge in [0.05, 0.1) is 0 Å². The molecule has 96 valence electrons. The van der Waals surface area contributed by atoms with Gasteiger partial charge in [-0.05, 0) is 36.1 Å². The lowest BCUT2D eigenvalue weighted by Gasteiger charge is -2.21. The molecule has 0 aliphatic rings. The second-order valence-electron chi connectivity index (χ2n) is 4.18. The predicted molar refractivity (Wildman–Crippen MR) is 72.2 cm³/mol. The number of hydrogen-bond donors (Lipinski definition) is 2. The Morgan fingerprint density at radius 1 is 1.41 bits per heavy atom. The lowest BCUT2D eigenvalue weighted by Crippen LogP contribution is -2.30. The van der Waals surface area contributed by atoms with Gasteiger partial charge in [-0.2, -0.15) is 0 Å². The summed E-state index contributed by atoms with van der Waals surface area (Å²) < 4.78 is 5.11. The number of halogens is 2. The molecule has 0 aliphatic carbocycles. The highest BCUT2D eigenvalue weighted by atomic mass is 35.5. The van der Waals surface area contributed by atoms with Crippen molar-refractivity contribution in [1.82, 2.24) is 5.43 Å². The van der Waals surface area contributed by atoms with Crippen molar-refractivity contribution in [3.05, 3.63) is 33.8 Å². The van der Waals surface area contributed by atoms with E-state index < -0.39 is 0 Å². The Hall–Kier alpha value is -0.320. The topological polar surface area (TPSA) is 47.3 Å². The number of benzene rings is 1. The molecule has 1 aromatic rings. The van der Waals surface area contributed by atoms with Crippen molar-refractivity contribution in [2.24, 2.45) is 11.8 Å². The molecule has 0 heterocycles. The summed E-state index contributed by atoms with van der Waals surface area (Å²) in [6, 6.07) is 5.37. The first-order valence-corrected chi connectivity index (χ1v) is 6.24. The monoisotopic (exact) mass is 276 g/mol. The number of methoxy groups -OCH3 is 1. The van der Waals surface area contributed by atoms with Crippen molar-refractivity contribution in [3.8, 4) is 0 Å². The molecular weight excluding hydrogens is 259 g/mol. The fourth-order valence-corrected chi connectivity index (χ4v) is 2.25. The highest BCUT2D eigenvalue weighted by Gasteiger charge is 2.17. The van der Waals surface area contributed by atoms with Crippen LogP contribution in [-0.4, -0.2) is 13.7 Å². The van der Waals surface area contributed by atoms with Crippen LogP contribution >= 0.6 is 23.2 Å². The highest BCUT2D eigenvalue weighted by Crippen LogP contribution is 2.29.